The molecule has 0 amide bonds. The van der Waals surface area contributed by atoms with Gasteiger partial charge in [0.2, 0.25) is 0 Å². The number of carbonyl (C=O) groups is 1. The highest BCUT2D eigenvalue weighted by atomic mass is 16.4. The molecule has 18 heavy (non-hydrogen) atoms. The van der Waals surface area contributed by atoms with Crippen LogP contribution in [0.15, 0.2) is 6.20 Å². The Morgan fingerprint density at radius 2 is 1.89 bits per heavy atom. The van der Waals surface area contributed by atoms with Gasteiger partial charge in [0.15, 0.2) is 0 Å². The van der Waals surface area contributed by atoms with Crippen molar-refractivity contribution in [2.24, 2.45) is 0 Å². The first kappa shape index (κ1) is 12.2. The molecule has 1 N–H and O–H groups in total. The van der Waals surface area contributed by atoms with E-state index < -0.39 is 5.97 Å². The minimum Gasteiger partial charge on any atom is -0.478 e. The molecule has 0 bridgehead atoms. The Balaban J connectivity index is 2.55. The molecule has 0 spiro atoms. The monoisotopic (exact) mass is 246 g/mol. The number of carboxylic acids is 1. The van der Waals surface area contributed by atoms with Crippen LogP contribution in [0.5, 0.6) is 0 Å². The van der Waals surface area contributed by atoms with Crippen molar-refractivity contribution in [1.82, 2.24) is 19.7 Å². The molecule has 6 nitrogen and oxygen atoms in total. The maximum absolute atomic E-state index is 10.9. The third-order valence-electron chi connectivity index (χ3n) is 3.04. The van der Waals surface area contributed by atoms with Gasteiger partial charge < -0.3 is 5.11 Å². The fourth-order valence-electron chi connectivity index (χ4n) is 1.68. The average Bonchev–Trinajstić information content (AvgIpc) is 2.56. The summed E-state index contributed by atoms with van der Waals surface area (Å²) >= 11 is 0. The van der Waals surface area contributed by atoms with Gasteiger partial charge in [0.05, 0.1) is 17.0 Å². The van der Waals surface area contributed by atoms with Gasteiger partial charge in [-0.05, 0) is 33.3 Å². The quantitative estimate of drug-likeness (QED) is 0.870. The molecule has 94 valence electrons. The van der Waals surface area contributed by atoms with E-state index in [-0.39, 0.29) is 5.56 Å². The van der Waals surface area contributed by atoms with Crippen molar-refractivity contribution in [2.45, 2.75) is 27.7 Å². The topological polar surface area (TPSA) is 80.9 Å². The minimum absolute atomic E-state index is 0.108. The van der Waals surface area contributed by atoms with Crippen molar-refractivity contribution >= 4 is 5.97 Å². The summed E-state index contributed by atoms with van der Waals surface area (Å²) in [5.41, 5.74) is 3.49. The normalized spacial score (nSPS) is 10.7. The van der Waals surface area contributed by atoms with Crippen LogP contribution in [-0.4, -0.2) is 30.8 Å². The molecule has 0 fully saturated rings. The van der Waals surface area contributed by atoms with E-state index >= 15 is 0 Å². The van der Waals surface area contributed by atoms with Crippen LogP contribution in [0.2, 0.25) is 0 Å². The zero-order chi connectivity index (χ0) is 13.4. The first-order valence-corrected chi connectivity index (χ1v) is 5.52. The Morgan fingerprint density at radius 1 is 1.22 bits per heavy atom. The van der Waals surface area contributed by atoms with Gasteiger partial charge in [-0.15, -0.1) is 0 Å². The standard InChI is InChI=1S/C12H14N4O2/c1-6-7(2)15-16(9(6)4)12-13-5-10(11(17)18)8(3)14-12/h5H,1-4H3,(H,17,18). The Hall–Kier alpha value is -2.24. The molecule has 0 aliphatic heterocycles. The van der Waals surface area contributed by atoms with Crippen LogP contribution in [0.25, 0.3) is 5.95 Å². The van der Waals surface area contributed by atoms with Gasteiger partial charge in [-0.1, -0.05) is 0 Å². The number of carboxylic acid groups (broad SMARTS) is 1. The first-order valence-electron chi connectivity index (χ1n) is 5.52. The van der Waals surface area contributed by atoms with Gasteiger partial charge >= 0.3 is 5.97 Å². The molecule has 2 heterocycles. The second-order valence-electron chi connectivity index (χ2n) is 4.18. The molecule has 0 saturated carbocycles. The molecule has 0 unspecified atom stereocenters. The SMILES string of the molecule is Cc1nc(-n2nc(C)c(C)c2C)ncc1C(=O)O. The number of aryl methyl sites for hydroxylation is 2. The van der Waals surface area contributed by atoms with Crippen molar-refractivity contribution in [1.29, 1.82) is 0 Å². The second kappa shape index (κ2) is 4.21. The summed E-state index contributed by atoms with van der Waals surface area (Å²) < 4.78 is 1.63. The van der Waals surface area contributed by atoms with E-state index in [1.54, 1.807) is 11.6 Å². The lowest BCUT2D eigenvalue weighted by atomic mass is 10.2. The van der Waals surface area contributed by atoms with E-state index in [1.165, 1.54) is 6.20 Å². The van der Waals surface area contributed by atoms with E-state index in [0.717, 1.165) is 17.0 Å². The number of nitrogens with zero attached hydrogens (tertiary/aromatic N) is 4. The number of aromatic carboxylic acids is 1. The van der Waals surface area contributed by atoms with Gasteiger partial charge in [-0.25, -0.2) is 19.4 Å². The smallest absolute Gasteiger partial charge is 0.339 e. The van der Waals surface area contributed by atoms with Crippen LogP contribution in [0.1, 0.15) is 33.0 Å². The summed E-state index contributed by atoms with van der Waals surface area (Å²) in [5, 5.41) is 13.3. The molecule has 0 radical (unpaired) electrons. The summed E-state index contributed by atoms with van der Waals surface area (Å²) in [6.45, 7) is 7.47. The Morgan fingerprint density at radius 3 is 2.33 bits per heavy atom. The van der Waals surface area contributed by atoms with Gasteiger partial charge in [-0.2, -0.15) is 5.10 Å². The van der Waals surface area contributed by atoms with Crippen molar-refractivity contribution in [3.63, 3.8) is 0 Å². The van der Waals surface area contributed by atoms with Gasteiger partial charge in [0.25, 0.3) is 5.95 Å². The molecule has 2 aromatic rings. The maximum atomic E-state index is 10.9. The van der Waals surface area contributed by atoms with E-state index in [9.17, 15) is 4.79 Å². The lowest BCUT2D eigenvalue weighted by molar-refractivity contribution is 0.0695. The Bertz CT molecular complexity index is 631. The summed E-state index contributed by atoms with van der Waals surface area (Å²) in [7, 11) is 0. The molecular formula is C12H14N4O2. The van der Waals surface area contributed by atoms with Crippen molar-refractivity contribution in [3.05, 3.63) is 34.4 Å². The van der Waals surface area contributed by atoms with Crippen LogP contribution < -0.4 is 0 Å². The predicted molar refractivity (Wildman–Crippen MR) is 65.1 cm³/mol. The van der Waals surface area contributed by atoms with E-state index in [4.69, 9.17) is 5.11 Å². The summed E-state index contributed by atoms with van der Waals surface area (Å²) in [4.78, 5) is 19.1. The Kier molecular flexibility index (Phi) is 2.86. The molecule has 0 aliphatic carbocycles. The average molecular weight is 246 g/mol. The highest BCUT2D eigenvalue weighted by Gasteiger charge is 2.14. The molecule has 2 rings (SSSR count). The molecule has 0 saturated heterocycles. The van der Waals surface area contributed by atoms with Crippen molar-refractivity contribution < 1.29 is 9.90 Å². The maximum Gasteiger partial charge on any atom is 0.339 e. The van der Waals surface area contributed by atoms with Crippen LogP contribution in [0, 0.1) is 27.7 Å². The van der Waals surface area contributed by atoms with Crippen LogP contribution in [0.3, 0.4) is 0 Å². The first-order chi connectivity index (χ1) is 8.41. The summed E-state index contributed by atoms with van der Waals surface area (Å²) in [6.07, 6.45) is 1.31. The molecular weight excluding hydrogens is 232 g/mol. The molecule has 2 aromatic heterocycles. The molecule has 6 heteroatoms. The zero-order valence-corrected chi connectivity index (χ0v) is 10.7. The van der Waals surface area contributed by atoms with Crippen LogP contribution in [-0.2, 0) is 0 Å². The third-order valence-corrected chi connectivity index (χ3v) is 3.04. The number of aromatic nitrogens is 4. The van der Waals surface area contributed by atoms with Gasteiger partial charge in [0.1, 0.15) is 0 Å². The molecule has 0 aromatic carbocycles. The van der Waals surface area contributed by atoms with Gasteiger partial charge in [-0.3, -0.25) is 0 Å². The largest absolute Gasteiger partial charge is 0.478 e. The second-order valence-corrected chi connectivity index (χ2v) is 4.18. The van der Waals surface area contributed by atoms with Gasteiger partial charge in [0, 0.05) is 11.9 Å². The zero-order valence-electron chi connectivity index (χ0n) is 10.7. The van der Waals surface area contributed by atoms with Crippen LogP contribution >= 0.6 is 0 Å². The van der Waals surface area contributed by atoms with Crippen molar-refractivity contribution in [3.8, 4) is 5.95 Å². The van der Waals surface area contributed by atoms with E-state index in [2.05, 4.69) is 15.1 Å². The van der Waals surface area contributed by atoms with E-state index in [0.29, 0.717) is 11.6 Å². The lowest BCUT2D eigenvalue weighted by Gasteiger charge is -2.05. The van der Waals surface area contributed by atoms with Crippen LogP contribution in [0.4, 0.5) is 0 Å². The third kappa shape index (κ3) is 1.85. The summed E-state index contributed by atoms with van der Waals surface area (Å²) in [6, 6.07) is 0. The number of rotatable bonds is 2. The lowest BCUT2D eigenvalue weighted by Crippen LogP contribution is -2.10. The predicted octanol–water partition coefficient (Wildman–Crippen LogP) is 1.59. The highest BCUT2D eigenvalue weighted by Crippen LogP contribution is 2.15. The Labute approximate surface area is 104 Å². The van der Waals surface area contributed by atoms with E-state index in [1.807, 2.05) is 20.8 Å². The molecule has 0 aliphatic rings. The number of hydrogen-bond acceptors (Lipinski definition) is 4. The molecule has 0 atom stereocenters. The highest BCUT2D eigenvalue weighted by molar-refractivity contribution is 5.88. The van der Waals surface area contributed by atoms with Crippen molar-refractivity contribution in [2.75, 3.05) is 0 Å². The minimum atomic E-state index is -1.02. The fourth-order valence-corrected chi connectivity index (χ4v) is 1.68. The summed E-state index contributed by atoms with van der Waals surface area (Å²) in [5.74, 6) is -0.630. The fraction of sp³-hybridized carbons (Fsp3) is 0.333. The number of hydrogen-bond donors (Lipinski definition) is 1.